The maximum atomic E-state index is 12.6. The van der Waals surface area contributed by atoms with Gasteiger partial charge < -0.3 is 9.64 Å². The molecule has 0 saturated heterocycles. The maximum absolute atomic E-state index is 12.6. The highest BCUT2D eigenvalue weighted by atomic mass is 16.6. The summed E-state index contributed by atoms with van der Waals surface area (Å²) in [6, 6.07) is 17.0. The Hall–Kier alpha value is -4.67. The number of nitrogens with one attached hydrogen (secondary N) is 1. The van der Waals surface area contributed by atoms with E-state index in [1.54, 1.807) is 6.92 Å². The van der Waals surface area contributed by atoms with E-state index >= 15 is 0 Å². The standard InChI is InChI=1S/C25H25N7O4/c1-3-13-31(24-22(25(33)36-4-2)14-19(15-26-24)32(34)35)16-17-9-11-18(12-10-17)20-7-5-6-8-21(20)23-27-29-30-28-23/h5-12,14-15H,3-4,13,16H2,1-2H3,(H,27,28,29,30). The minimum absolute atomic E-state index is 0.0742. The summed E-state index contributed by atoms with van der Waals surface area (Å²) < 4.78 is 5.14. The van der Waals surface area contributed by atoms with Crippen LogP contribution in [0.2, 0.25) is 0 Å². The number of nitro groups is 1. The third-order valence-corrected chi connectivity index (χ3v) is 5.50. The number of carbonyl (C=O) groups is 1. The Morgan fingerprint density at radius 2 is 1.86 bits per heavy atom. The molecule has 0 aliphatic carbocycles. The molecule has 0 saturated carbocycles. The molecule has 0 amide bonds. The van der Waals surface area contributed by atoms with Crippen LogP contribution >= 0.6 is 0 Å². The van der Waals surface area contributed by atoms with Gasteiger partial charge in [-0.05, 0) is 35.2 Å². The predicted octanol–water partition coefficient (Wildman–Crippen LogP) is 4.43. The third kappa shape index (κ3) is 5.35. The van der Waals surface area contributed by atoms with Crippen molar-refractivity contribution < 1.29 is 14.5 Å². The second-order valence-electron chi connectivity index (χ2n) is 7.94. The number of benzene rings is 2. The van der Waals surface area contributed by atoms with Gasteiger partial charge in [-0.1, -0.05) is 55.5 Å². The highest BCUT2D eigenvalue weighted by Gasteiger charge is 2.23. The van der Waals surface area contributed by atoms with Crippen LogP contribution < -0.4 is 4.90 Å². The number of pyridine rings is 1. The van der Waals surface area contributed by atoms with Gasteiger partial charge in [-0.25, -0.2) is 9.78 Å². The molecule has 2 heterocycles. The van der Waals surface area contributed by atoms with Crippen molar-refractivity contribution in [2.45, 2.75) is 26.8 Å². The number of esters is 1. The molecule has 36 heavy (non-hydrogen) atoms. The lowest BCUT2D eigenvalue weighted by Gasteiger charge is -2.25. The molecule has 0 radical (unpaired) electrons. The van der Waals surface area contributed by atoms with Gasteiger partial charge in [-0.3, -0.25) is 10.1 Å². The fourth-order valence-electron chi connectivity index (χ4n) is 3.90. The Labute approximate surface area is 207 Å². The number of hydrogen-bond acceptors (Lipinski definition) is 9. The van der Waals surface area contributed by atoms with Crippen LogP contribution in [0.1, 0.15) is 36.2 Å². The monoisotopic (exact) mass is 487 g/mol. The average molecular weight is 488 g/mol. The summed E-state index contributed by atoms with van der Waals surface area (Å²) in [7, 11) is 0. The zero-order valence-electron chi connectivity index (χ0n) is 19.9. The molecule has 0 spiro atoms. The smallest absolute Gasteiger partial charge is 0.342 e. The molecule has 4 rings (SSSR count). The molecule has 1 N–H and O–H groups in total. The van der Waals surface area contributed by atoms with Crippen molar-refractivity contribution in [2.75, 3.05) is 18.1 Å². The Morgan fingerprint density at radius 3 is 2.50 bits per heavy atom. The number of carbonyl (C=O) groups excluding carboxylic acids is 1. The first-order valence-electron chi connectivity index (χ1n) is 11.5. The van der Waals surface area contributed by atoms with Gasteiger partial charge in [-0.15, -0.1) is 10.2 Å². The van der Waals surface area contributed by atoms with Crippen LogP contribution in [0.3, 0.4) is 0 Å². The number of nitrogens with zero attached hydrogens (tertiary/aromatic N) is 6. The Morgan fingerprint density at radius 1 is 1.11 bits per heavy atom. The van der Waals surface area contributed by atoms with Crippen molar-refractivity contribution in [3.63, 3.8) is 0 Å². The molecule has 11 nitrogen and oxygen atoms in total. The molecule has 0 atom stereocenters. The summed E-state index contributed by atoms with van der Waals surface area (Å²) in [6.07, 6.45) is 1.95. The number of rotatable bonds is 10. The first kappa shape index (κ1) is 24.5. The van der Waals surface area contributed by atoms with Gasteiger partial charge in [0.25, 0.3) is 5.69 Å². The number of anilines is 1. The molecular formula is C25H25N7O4. The average Bonchev–Trinajstić information content (AvgIpc) is 3.44. The van der Waals surface area contributed by atoms with Crippen LogP contribution in [0.5, 0.6) is 0 Å². The molecule has 4 aromatic rings. The first-order chi connectivity index (χ1) is 17.5. The van der Waals surface area contributed by atoms with E-state index < -0.39 is 10.9 Å². The predicted molar refractivity (Wildman–Crippen MR) is 133 cm³/mol. The summed E-state index contributed by atoms with van der Waals surface area (Å²) in [5.74, 6) is 0.227. The summed E-state index contributed by atoms with van der Waals surface area (Å²) in [6.45, 7) is 4.91. The van der Waals surface area contributed by atoms with Crippen LogP contribution in [0.25, 0.3) is 22.5 Å². The van der Waals surface area contributed by atoms with Crippen molar-refractivity contribution in [1.82, 2.24) is 25.6 Å². The van der Waals surface area contributed by atoms with Crippen LogP contribution in [-0.4, -0.2) is 49.7 Å². The summed E-state index contributed by atoms with van der Waals surface area (Å²) in [5.41, 5.74) is 3.62. The highest BCUT2D eigenvalue weighted by molar-refractivity contribution is 5.95. The zero-order chi connectivity index (χ0) is 25.5. The van der Waals surface area contributed by atoms with E-state index in [9.17, 15) is 14.9 Å². The molecule has 0 bridgehead atoms. The van der Waals surface area contributed by atoms with Gasteiger partial charge in [0.05, 0.1) is 11.5 Å². The van der Waals surface area contributed by atoms with E-state index in [1.165, 1.54) is 12.3 Å². The topological polar surface area (TPSA) is 140 Å². The highest BCUT2D eigenvalue weighted by Crippen LogP contribution is 2.30. The van der Waals surface area contributed by atoms with Crippen molar-refractivity contribution in [3.05, 3.63) is 82.0 Å². The van der Waals surface area contributed by atoms with Gasteiger partial charge in [-0.2, -0.15) is 5.21 Å². The number of aromatic nitrogens is 5. The van der Waals surface area contributed by atoms with Crippen molar-refractivity contribution in [1.29, 1.82) is 0 Å². The van der Waals surface area contributed by atoms with Gasteiger partial charge in [0.15, 0.2) is 0 Å². The number of tetrazole rings is 1. The lowest BCUT2D eigenvalue weighted by Crippen LogP contribution is -2.27. The van der Waals surface area contributed by atoms with Crippen LogP contribution in [0.4, 0.5) is 11.5 Å². The lowest BCUT2D eigenvalue weighted by atomic mass is 9.98. The van der Waals surface area contributed by atoms with Crippen LogP contribution in [0, 0.1) is 10.1 Å². The number of H-pyrrole nitrogens is 1. The maximum Gasteiger partial charge on any atom is 0.342 e. The van der Waals surface area contributed by atoms with E-state index in [-0.39, 0.29) is 17.9 Å². The molecule has 0 fully saturated rings. The molecule has 0 aliphatic rings. The lowest BCUT2D eigenvalue weighted by molar-refractivity contribution is -0.385. The fourth-order valence-corrected chi connectivity index (χ4v) is 3.90. The minimum atomic E-state index is -0.641. The normalized spacial score (nSPS) is 10.7. The quantitative estimate of drug-likeness (QED) is 0.195. The minimum Gasteiger partial charge on any atom is -0.462 e. The van der Waals surface area contributed by atoms with E-state index in [0.29, 0.717) is 24.7 Å². The van der Waals surface area contributed by atoms with E-state index in [4.69, 9.17) is 4.74 Å². The zero-order valence-corrected chi connectivity index (χ0v) is 19.9. The second-order valence-corrected chi connectivity index (χ2v) is 7.94. The Bertz CT molecular complexity index is 1340. The SMILES string of the molecule is CCCN(Cc1ccc(-c2ccccc2-c2nn[nH]n2)cc1)c1ncc([N+](=O)[O-])cc1C(=O)OCC. The molecule has 0 unspecified atom stereocenters. The van der Waals surface area contributed by atoms with Crippen molar-refractivity contribution >= 4 is 17.5 Å². The fraction of sp³-hybridized carbons (Fsp3) is 0.240. The summed E-state index contributed by atoms with van der Waals surface area (Å²) >= 11 is 0. The van der Waals surface area contributed by atoms with E-state index in [1.807, 2.05) is 60.4 Å². The van der Waals surface area contributed by atoms with Crippen LogP contribution in [0.15, 0.2) is 60.8 Å². The molecule has 0 aliphatic heterocycles. The van der Waals surface area contributed by atoms with Crippen LogP contribution in [-0.2, 0) is 11.3 Å². The van der Waals surface area contributed by atoms with Gasteiger partial charge in [0, 0.05) is 24.7 Å². The Balaban J connectivity index is 1.64. The number of hydrogen-bond donors (Lipinski definition) is 1. The molecule has 2 aromatic heterocycles. The molecular weight excluding hydrogens is 462 g/mol. The third-order valence-electron chi connectivity index (χ3n) is 5.50. The van der Waals surface area contributed by atoms with Crippen molar-refractivity contribution in [3.8, 4) is 22.5 Å². The number of aromatic amines is 1. The molecule has 184 valence electrons. The molecule has 11 heteroatoms. The largest absolute Gasteiger partial charge is 0.462 e. The van der Waals surface area contributed by atoms with Gasteiger partial charge in [0.2, 0.25) is 5.82 Å². The second kappa shape index (κ2) is 11.2. The van der Waals surface area contributed by atoms with E-state index in [0.717, 1.165) is 28.7 Å². The first-order valence-corrected chi connectivity index (χ1v) is 11.5. The number of ether oxygens (including phenoxy) is 1. The van der Waals surface area contributed by atoms with Gasteiger partial charge >= 0.3 is 5.97 Å². The summed E-state index contributed by atoms with van der Waals surface area (Å²) in [4.78, 5) is 29.5. The van der Waals surface area contributed by atoms with Crippen molar-refractivity contribution in [2.24, 2.45) is 0 Å². The Kier molecular flexibility index (Phi) is 7.59. The summed E-state index contributed by atoms with van der Waals surface area (Å²) in [5, 5.41) is 25.6. The van der Waals surface area contributed by atoms with Gasteiger partial charge in [0.1, 0.15) is 17.6 Å². The van der Waals surface area contributed by atoms with E-state index in [2.05, 4.69) is 25.6 Å². The molecule has 2 aromatic carbocycles.